The van der Waals surface area contributed by atoms with Gasteiger partial charge in [0, 0.05) is 38.5 Å². The molecule has 0 aliphatic carbocycles. The standard InChI is InChI=1S/C50H84N6O13/c1-47(2,3)66-41(59)29-28-38(45(64)69-50(10,11)12)55-46(65)54-37(44(63)68-49(7,8)9)25-18-21-31-52-39(57)26-15-13-14-16-27-40(58)53-36(43(61)62)24-19-22-32-56(33-35-23-17-20-30-51-35)34-42(60)67-48(4,5)6/h17,20,23,30,36-38H,13-16,18-19,21-22,24-29,31-34H2,1-12H3,(H,52,57)(H,53,58)(H,61,62)(H2,54,55,65)/t36-,37-,38-/m0/s1. The van der Waals surface area contributed by atoms with Crippen molar-refractivity contribution in [3.63, 3.8) is 0 Å². The van der Waals surface area contributed by atoms with E-state index in [1.54, 1.807) is 89.3 Å². The first kappa shape index (κ1) is 61.7. The van der Waals surface area contributed by atoms with E-state index in [2.05, 4.69) is 26.3 Å². The Hall–Kier alpha value is -5.33. The number of amides is 4. The maximum absolute atomic E-state index is 13.2. The van der Waals surface area contributed by atoms with E-state index in [9.17, 15) is 43.5 Å². The molecule has 0 spiro atoms. The first-order chi connectivity index (χ1) is 31.9. The molecule has 0 saturated carbocycles. The average Bonchev–Trinajstić information content (AvgIpc) is 3.18. The van der Waals surface area contributed by atoms with Gasteiger partial charge in [0.25, 0.3) is 0 Å². The lowest BCUT2D eigenvalue weighted by atomic mass is 10.1. The van der Waals surface area contributed by atoms with Gasteiger partial charge in [0.15, 0.2) is 0 Å². The third-order valence-corrected chi connectivity index (χ3v) is 9.58. The minimum Gasteiger partial charge on any atom is -0.480 e. The first-order valence-electron chi connectivity index (χ1n) is 24.3. The molecule has 19 heteroatoms. The molecule has 1 heterocycles. The largest absolute Gasteiger partial charge is 0.480 e. The molecule has 1 aromatic rings. The van der Waals surface area contributed by atoms with Crippen molar-refractivity contribution in [2.75, 3.05) is 19.6 Å². The number of hydrogen-bond acceptors (Lipinski definition) is 14. The number of carbonyl (C=O) groups is 8. The van der Waals surface area contributed by atoms with Crippen molar-refractivity contribution in [2.24, 2.45) is 0 Å². The number of pyridine rings is 1. The Bertz CT molecular complexity index is 1780. The van der Waals surface area contributed by atoms with E-state index in [0.717, 1.165) is 5.69 Å². The lowest BCUT2D eigenvalue weighted by Crippen LogP contribution is -2.53. The molecule has 19 nitrogen and oxygen atoms in total. The second-order valence-corrected chi connectivity index (χ2v) is 21.2. The van der Waals surface area contributed by atoms with Crippen molar-refractivity contribution in [1.29, 1.82) is 0 Å². The van der Waals surface area contributed by atoms with Gasteiger partial charge in [-0.1, -0.05) is 18.9 Å². The van der Waals surface area contributed by atoms with E-state index >= 15 is 0 Å². The Kier molecular flexibility index (Phi) is 27.1. The number of carboxylic acids is 1. The minimum atomic E-state index is -1.21. The number of esters is 4. The zero-order valence-corrected chi connectivity index (χ0v) is 43.5. The predicted molar refractivity (Wildman–Crippen MR) is 259 cm³/mol. The molecule has 0 saturated heterocycles. The maximum atomic E-state index is 13.2. The van der Waals surface area contributed by atoms with Gasteiger partial charge in [-0.25, -0.2) is 19.2 Å². The molecule has 0 unspecified atom stereocenters. The molecular weight excluding hydrogens is 893 g/mol. The Morgan fingerprint density at radius 3 is 1.59 bits per heavy atom. The summed E-state index contributed by atoms with van der Waals surface area (Å²) in [5.41, 5.74) is -2.28. The summed E-state index contributed by atoms with van der Waals surface area (Å²) in [6, 6.07) is 1.39. The van der Waals surface area contributed by atoms with Crippen LogP contribution in [0.1, 0.15) is 179 Å². The summed E-state index contributed by atoms with van der Waals surface area (Å²) >= 11 is 0. The van der Waals surface area contributed by atoms with Gasteiger partial charge < -0.3 is 45.3 Å². The van der Waals surface area contributed by atoms with Crippen LogP contribution < -0.4 is 21.3 Å². The van der Waals surface area contributed by atoms with Crippen molar-refractivity contribution in [2.45, 2.75) is 220 Å². The molecule has 0 aromatic carbocycles. The van der Waals surface area contributed by atoms with E-state index in [-0.39, 0.29) is 62.9 Å². The fraction of sp³-hybridized carbons (Fsp3) is 0.740. The molecule has 0 aliphatic rings. The minimum absolute atomic E-state index is 0.0607. The van der Waals surface area contributed by atoms with Gasteiger partial charge in [-0.3, -0.25) is 29.1 Å². The summed E-state index contributed by atoms with van der Waals surface area (Å²) in [7, 11) is 0. The molecule has 0 radical (unpaired) electrons. The highest BCUT2D eigenvalue weighted by molar-refractivity contribution is 5.88. The van der Waals surface area contributed by atoms with Crippen molar-refractivity contribution >= 4 is 47.7 Å². The van der Waals surface area contributed by atoms with Gasteiger partial charge in [0.1, 0.15) is 40.5 Å². The van der Waals surface area contributed by atoms with Gasteiger partial charge in [-0.05, 0) is 160 Å². The number of carboxylic acid groups (broad SMARTS) is 1. The Labute approximate surface area is 410 Å². The Morgan fingerprint density at radius 2 is 1.07 bits per heavy atom. The van der Waals surface area contributed by atoms with E-state index in [1.165, 1.54) is 0 Å². The summed E-state index contributed by atoms with van der Waals surface area (Å²) in [4.78, 5) is 108. The van der Waals surface area contributed by atoms with Crippen LogP contribution in [0.4, 0.5) is 4.79 Å². The Morgan fingerprint density at radius 1 is 0.565 bits per heavy atom. The molecule has 4 amide bonds. The molecule has 1 aromatic heterocycles. The number of aliphatic carboxylic acids is 1. The van der Waals surface area contributed by atoms with Crippen LogP contribution >= 0.6 is 0 Å². The van der Waals surface area contributed by atoms with Crippen LogP contribution in [0, 0.1) is 0 Å². The van der Waals surface area contributed by atoms with Gasteiger partial charge in [0.05, 0.1) is 12.2 Å². The second kappa shape index (κ2) is 30.3. The third-order valence-electron chi connectivity index (χ3n) is 9.58. The van der Waals surface area contributed by atoms with Crippen LogP contribution in [0.15, 0.2) is 24.4 Å². The summed E-state index contributed by atoms with van der Waals surface area (Å²) < 4.78 is 21.9. The van der Waals surface area contributed by atoms with Crippen LogP contribution in [0.2, 0.25) is 0 Å². The van der Waals surface area contributed by atoms with Crippen molar-refractivity contribution in [1.82, 2.24) is 31.2 Å². The van der Waals surface area contributed by atoms with Gasteiger partial charge in [-0.15, -0.1) is 0 Å². The highest BCUT2D eigenvalue weighted by atomic mass is 16.6. The van der Waals surface area contributed by atoms with E-state index in [1.807, 2.05) is 23.1 Å². The predicted octanol–water partition coefficient (Wildman–Crippen LogP) is 6.43. The molecule has 392 valence electrons. The van der Waals surface area contributed by atoms with Crippen LogP contribution in [0.25, 0.3) is 0 Å². The average molecular weight is 977 g/mol. The van der Waals surface area contributed by atoms with E-state index < -0.39 is 70.4 Å². The highest BCUT2D eigenvalue weighted by Crippen LogP contribution is 2.16. The number of nitrogens with zero attached hydrogens (tertiary/aromatic N) is 2. The molecular formula is C50H84N6O13. The first-order valence-corrected chi connectivity index (χ1v) is 24.3. The van der Waals surface area contributed by atoms with Gasteiger partial charge >= 0.3 is 35.9 Å². The summed E-state index contributed by atoms with van der Waals surface area (Å²) in [5.74, 6) is -3.96. The van der Waals surface area contributed by atoms with Crippen molar-refractivity contribution in [3.05, 3.63) is 30.1 Å². The maximum Gasteiger partial charge on any atom is 0.329 e. The molecule has 0 fully saturated rings. The number of urea groups is 1. The number of aromatic nitrogens is 1. The second-order valence-electron chi connectivity index (χ2n) is 21.2. The van der Waals surface area contributed by atoms with E-state index in [4.69, 9.17) is 18.9 Å². The number of carbonyl (C=O) groups excluding carboxylic acids is 7. The van der Waals surface area contributed by atoms with Crippen molar-refractivity contribution < 1.29 is 62.4 Å². The fourth-order valence-electron chi connectivity index (χ4n) is 6.67. The number of nitrogens with one attached hydrogen (secondary N) is 4. The SMILES string of the molecule is CC(C)(C)OC(=O)CC[C@H](NC(=O)N[C@@H](CCCCNC(=O)CCCCCCC(=O)N[C@@H](CCCCN(CC(=O)OC(C)(C)C)Cc1ccccn1)C(=O)O)C(=O)OC(C)(C)C)C(=O)OC(C)(C)C. The lowest BCUT2D eigenvalue weighted by molar-refractivity contribution is -0.159. The number of ether oxygens (including phenoxy) is 4. The zero-order chi connectivity index (χ0) is 52.4. The van der Waals surface area contributed by atoms with Crippen LogP contribution in [-0.2, 0) is 59.1 Å². The molecule has 3 atom stereocenters. The zero-order valence-electron chi connectivity index (χ0n) is 43.5. The van der Waals surface area contributed by atoms with Crippen LogP contribution in [-0.4, -0.2) is 123 Å². The van der Waals surface area contributed by atoms with Gasteiger partial charge in [-0.2, -0.15) is 0 Å². The topological polar surface area (TPSA) is 258 Å². The molecule has 1 rings (SSSR count). The molecule has 0 bridgehead atoms. The lowest BCUT2D eigenvalue weighted by Gasteiger charge is -2.27. The number of hydrogen-bond donors (Lipinski definition) is 5. The normalized spacial score (nSPS) is 13.3. The molecule has 5 N–H and O–H groups in total. The number of unbranched alkanes of at least 4 members (excludes halogenated alkanes) is 5. The summed E-state index contributed by atoms with van der Waals surface area (Å²) in [6.45, 7) is 22.0. The van der Waals surface area contributed by atoms with Crippen molar-refractivity contribution in [3.8, 4) is 0 Å². The third kappa shape index (κ3) is 33.0. The highest BCUT2D eigenvalue weighted by Gasteiger charge is 2.31. The van der Waals surface area contributed by atoms with E-state index in [0.29, 0.717) is 71.0 Å². The quantitative estimate of drug-likeness (QED) is 0.0316. The monoisotopic (exact) mass is 977 g/mol. The summed E-state index contributed by atoms with van der Waals surface area (Å²) in [5, 5.41) is 20.4. The number of rotatable bonds is 30. The van der Waals surface area contributed by atoms with Crippen LogP contribution in [0.3, 0.4) is 0 Å². The van der Waals surface area contributed by atoms with Gasteiger partial charge in [0.2, 0.25) is 11.8 Å². The smallest absolute Gasteiger partial charge is 0.329 e. The molecule has 69 heavy (non-hydrogen) atoms. The van der Waals surface area contributed by atoms with Crippen LogP contribution in [0.5, 0.6) is 0 Å². The fourth-order valence-corrected chi connectivity index (χ4v) is 6.67. The summed E-state index contributed by atoms with van der Waals surface area (Å²) in [6.07, 6.45) is 6.79. The molecule has 0 aliphatic heterocycles. The Balaban J connectivity index is 2.53.